The molecule has 3 nitrogen and oxygen atoms in total. The Kier molecular flexibility index (Phi) is 6.24. The van der Waals surface area contributed by atoms with E-state index in [1.54, 1.807) is 0 Å². The zero-order chi connectivity index (χ0) is 10.4. The first-order valence-corrected chi connectivity index (χ1v) is 5.43. The van der Waals surface area contributed by atoms with Crippen molar-refractivity contribution >= 4 is 43.6 Å². The molecule has 0 fully saturated rings. The van der Waals surface area contributed by atoms with Gasteiger partial charge in [-0.15, -0.1) is 0 Å². The molecule has 0 spiro atoms. The Balaban J connectivity index is 4.40. The van der Waals surface area contributed by atoms with E-state index in [0.29, 0.717) is 6.54 Å². The minimum atomic E-state index is -0.274. The average molecular weight is 313 g/mol. The van der Waals surface area contributed by atoms with Crippen molar-refractivity contribution in [2.75, 3.05) is 6.54 Å². The highest BCUT2D eigenvalue weighted by Gasteiger charge is 2.12. The molecule has 0 aromatic rings. The van der Waals surface area contributed by atoms with Gasteiger partial charge in [-0.2, -0.15) is 0 Å². The van der Waals surface area contributed by atoms with Crippen LogP contribution in [0.4, 0.5) is 0 Å². The fraction of sp³-hybridized carbons (Fsp3) is 0.500. The third-order valence-electron chi connectivity index (χ3n) is 1.24. The van der Waals surface area contributed by atoms with Crippen LogP contribution in [0.15, 0.2) is 8.96 Å². The summed E-state index contributed by atoms with van der Waals surface area (Å²) in [5.74, 6) is -0.456. The Labute approximate surface area is 94.2 Å². The summed E-state index contributed by atoms with van der Waals surface area (Å²) < 4.78 is 0.509. The van der Waals surface area contributed by atoms with Crippen LogP contribution in [0.2, 0.25) is 0 Å². The largest absolute Gasteiger partial charge is 0.352 e. The Morgan fingerprint density at radius 3 is 2.15 bits per heavy atom. The zero-order valence-corrected chi connectivity index (χ0v) is 10.7. The van der Waals surface area contributed by atoms with Gasteiger partial charge in [0.25, 0.3) is 5.91 Å². The van der Waals surface area contributed by atoms with Gasteiger partial charge in [-0.3, -0.25) is 9.59 Å². The summed E-state index contributed by atoms with van der Waals surface area (Å²) in [6.07, 6.45) is 0.865. The number of hydrogen-bond acceptors (Lipinski definition) is 2. The van der Waals surface area contributed by atoms with Crippen molar-refractivity contribution < 1.29 is 9.59 Å². The van der Waals surface area contributed by atoms with E-state index in [0.717, 1.165) is 6.42 Å². The van der Waals surface area contributed by atoms with Crippen LogP contribution in [0.1, 0.15) is 20.3 Å². The highest BCUT2D eigenvalue weighted by atomic mass is 79.9. The molecule has 0 aliphatic carbocycles. The first-order chi connectivity index (χ1) is 6.00. The molecule has 0 unspecified atom stereocenters. The fourth-order valence-electron chi connectivity index (χ4n) is 0.570. The predicted octanol–water partition coefficient (Wildman–Crippen LogP) is 2.10. The third kappa shape index (κ3) is 4.57. The molecule has 0 atom stereocenters. The van der Waals surface area contributed by atoms with Gasteiger partial charge in [-0.25, -0.2) is 0 Å². The second-order valence-electron chi connectivity index (χ2n) is 2.44. The maximum absolute atomic E-state index is 11.2. The van der Waals surface area contributed by atoms with Crippen molar-refractivity contribution in [1.29, 1.82) is 0 Å². The first kappa shape index (κ1) is 12.8. The van der Waals surface area contributed by atoms with Crippen molar-refractivity contribution in [3.8, 4) is 0 Å². The van der Waals surface area contributed by atoms with Crippen LogP contribution < -0.4 is 5.32 Å². The van der Waals surface area contributed by atoms with Crippen LogP contribution in [-0.2, 0) is 9.59 Å². The molecule has 1 N–H and O–H groups in total. The summed E-state index contributed by atoms with van der Waals surface area (Å²) in [4.78, 5) is 22.1. The molecule has 0 aliphatic heterocycles. The summed E-state index contributed by atoms with van der Waals surface area (Å²) >= 11 is 6.06. The van der Waals surface area contributed by atoms with E-state index >= 15 is 0 Å². The number of halogens is 2. The van der Waals surface area contributed by atoms with Crippen molar-refractivity contribution in [2.45, 2.75) is 20.3 Å². The minimum absolute atomic E-state index is 0.182. The molecule has 0 saturated heterocycles. The van der Waals surface area contributed by atoms with Gasteiger partial charge in [0, 0.05) is 6.54 Å². The number of allylic oxidation sites excluding steroid dienone is 1. The molecule has 0 rings (SSSR count). The Hall–Kier alpha value is -0.160. The Morgan fingerprint density at radius 1 is 1.23 bits per heavy atom. The van der Waals surface area contributed by atoms with Crippen LogP contribution in [0, 0.1) is 0 Å². The number of carbonyl (C=O) groups is 2. The number of rotatable bonds is 4. The number of nitrogens with one attached hydrogen (secondary N) is 1. The maximum Gasteiger partial charge on any atom is 0.259 e. The predicted molar refractivity (Wildman–Crippen MR) is 58.9 cm³/mol. The van der Waals surface area contributed by atoms with Gasteiger partial charge in [0.2, 0.25) is 0 Å². The van der Waals surface area contributed by atoms with Gasteiger partial charge in [0.15, 0.2) is 5.78 Å². The van der Waals surface area contributed by atoms with Gasteiger partial charge in [0.1, 0.15) is 4.48 Å². The lowest BCUT2D eigenvalue weighted by atomic mass is 10.3. The number of hydrogen-bond donors (Lipinski definition) is 1. The van der Waals surface area contributed by atoms with Crippen molar-refractivity contribution in [1.82, 2.24) is 5.32 Å². The molecule has 0 saturated carbocycles. The molecule has 74 valence electrons. The SMILES string of the molecule is CCCNC(=O)/C(Br)=C(/Br)C(C)=O. The lowest BCUT2D eigenvalue weighted by Crippen LogP contribution is -2.24. The molecule has 0 radical (unpaired) electrons. The maximum atomic E-state index is 11.2. The van der Waals surface area contributed by atoms with Crippen molar-refractivity contribution in [2.24, 2.45) is 0 Å². The lowest BCUT2D eigenvalue weighted by Gasteiger charge is -2.03. The fourth-order valence-corrected chi connectivity index (χ4v) is 1.17. The molecule has 0 aromatic heterocycles. The van der Waals surface area contributed by atoms with Crippen LogP contribution in [0.5, 0.6) is 0 Å². The van der Waals surface area contributed by atoms with Crippen LogP contribution in [-0.4, -0.2) is 18.2 Å². The highest BCUT2D eigenvalue weighted by Crippen LogP contribution is 2.18. The summed E-state index contributed by atoms with van der Waals surface area (Å²) in [7, 11) is 0. The molecule has 5 heteroatoms. The number of carbonyl (C=O) groups excluding carboxylic acids is 2. The molecular weight excluding hydrogens is 302 g/mol. The number of amides is 1. The Bertz CT molecular complexity index is 249. The number of Topliss-reactive ketones (excluding diaryl/α,β-unsaturated/α-hetero) is 1. The van der Waals surface area contributed by atoms with E-state index in [1.165, 1.54) is 6.92 Å². The average Bonchev–Trinajstić information content (AvgIpc) is 2.11. The molecule has 0 heterocycles. The van der Waals surface area contributed by atoms with Crippen LogP contribution >= 0.6 is 31.9 Å². The van der Waals surface area contributed by atoms with Gasteiger partial charge in [-0.05, 0) is 45.2 Å². The molecule has 1 amide bonds. The zero-order valence-electron chi connectivity index (χ0n) is 7.49. The summed E-state index contributed by atoms with van der Waals surface area (Å²) in [6.45, 7) is 3.95. The van der Waals surface area contributed by atoms with E-state index in [1.807, 2.05) is 6.92 Å². The quantitative estimate of drug-likeness (QED) is 0.808. The smallest absolute Gasteiger partial charge is 0.259 e. The minimum Gasteiger partial charge on any atom is -0.352 e. The number of ketones is 1. The Morgan fingerprint density at radius 2 is 1.77 bits per heavy atom. The van der Waals surface area contributed by atoms with Gasteiger partial charge >= 0.3 is 0 Å². The van der Waals surface area contributed by atoms with Crippen LogP contribution in [0.25, 0.3) is 0 Å². The standard InChI is InChI=1S/C8H11Br2NO2/c1-3-4-11-8(13)7(10)6(9)5(2)12/h3-4H2,1-2H3,(H,11,13)/b7-6-. The molecule has 0 aromatic carbocycles. The van der Waals surface area contributed by atoms with E-state index < -0.39 is 0 Å². The van der Waals surface area contributed by atoms with Gasteiger partial charge in [0.05, 0.1) is 4.48 Å². The highest BCUT2D eigenvalue weighted by molar-refractivity contribution is 9.14. The third-order valence-corrected chi connectivity index (χ3v) is 3.48. The van der Waals surface area contributed by atoms with Crippen LogP contribution in [0.3, 0.4) is 0 Å². The summed E-state index contributed by atoms with van der Waals surface area (Å²) in [6, 6.07) is 0. The topological polar surface area (TPSA) is 46.2 Å². The molecule has 13 heavy (non-hydrogen) atoms. The summed E-state index contributed by atoms with van der Waals surface area (Å²) in [5, 5.41) is 2.64. The monoisotopic (exact) mass is 311 g/mol. The molecule has 0 aliphatic rings. The second-order valence-corrected chi connectivity index (χ2v) is 4.03. The van der Waals surface area contributed by atoms with E-state index in [2.05, 4.69) is 37.2 Å². The second kappa shape index (κ2) is 6.32. The van der Waals surface area contributed by atoms with E-state index in [-0.39, 0.29) is 20.7 Å². The van der Waals surface area contributed by atoms with Gasteiger partial charge in [-0.1, -0.05) is 6.92 Å². The first-order valence-electron chi connectivity index (χ1n) is 3.85. The molecular formula is C8H11Br2NO2. The molecule has 0 bridgehead atoms. The normalized spacial score (nSPS) is 12.0. The van der Waals surface area contributed by atoms with Gasteiger partial charge < -0.3 is 5.32 Å². The van der Waals surface area contributed by atoms with Crippen molar-refractivity contribution in [3.05, 3.63) is 8.96 Å². The van der Waals surface area contributed by atoms with Crippen molar-refractivity contribution in [3.63, 3.8) is 0 Å². The van der Waals surface area contributed by atoms with E-state index in [4.69, 9.17) is 0 Å². The lowest BCUT2D eigenvalue weighted by molar-refractivity contribution is -0.117. The van der Waals surface area contributed by atoms with E-state index in [9.17, 15) is 9.59 Å². The summed E-state index contributed by atoms with van der Waals surface area (Å²) in [5.41, 5.74) is 0.